The molecule has 5 heteroatoms. The van der Waals surface area contributed by atoms with Gasteiger partial charge in [0.25, 0.3) is 11.8 Å². The van der Waals surface area contributed by atoms with Crippen LogP contribution in [-0.2, 0) is 12.8 Å². The van der Waals surface area contributed by atoms with Crippen molar-refractivity contribution < 1.29 is 12.4 Å². The lowest BCUT2D eigenvalue weighted by Gasteiger charge is -2.22. The predicted octanol–water partition coefficient (Wildman–Crippen LogP) is 5.35. The molecule has 142 valence electrons. The summed E-state index contributed by atoms with van der Waals surface area (Å²) in [6, 6.07) is 14.5. The molecule has 0 bridgehead atoms. The first-order chi connectivity index (χ1) is 13.1. The molecule has 1 aromatic heterocycles. The molecule has 0 spiro atoms. The molecule has 4 aromatic rings. The Hall–Kier alpha value is -2.92. The number of halogens is 1. The molecule has 3 aromatic carbocycles. The molecule has 2 aliphatic rings. The van der Waals surface area contributed by atoms with Gasteiger partial charge in [-0.2, -0.15) is 0 Å². The summed E-state index contributed by atoms with van der Waals surface area (Å²) in [5.74, 6) is -0.557. The van der Waals surface area contributed by atoms with E-state index in [-0.39, 0.29) is 31.6 Å². The van der Waals surface area contributed by atoms with Crippen LogP contribution in [0.2, 0.25) is 0 Å². The average molecular weight is 437 g/mol. The van der Waals surface area contributed by atoms with E-state index in [1.54, 1.807) is 0 Å². The van der Waals surface area contributed by atoms with Crippen LogP contribution in [-0.4, -0.2) is 16.8 Å². The van der Waals surface area contributed by atoms with Crippen molar-refractivity contribution in [3.05, 3.63) is 70.3 Å². The molecule has 2 amide bonds. The third-order valence-corrected chi connectivity index (χ3v) is 5.92. The number of aromatic nitrogens is 1. The summed E-state index contributed by atoms with van der Waals surface area (Å²) in [6.07, 6.45) is 1.64. The second-order valence-corrected chi connectivity index (χ2v) is 7.47. The number of amides is 2. The number of rotatable bonds is 0. The molecule has 0 saturated heterocycles. The van der Waals surface area contributed by atoms with Gasteiger partial charge in [0.2, 0.25) is 0 Å². The number of aryl methyl sites for hydroxylation is 2. The number of carbonyl (C=O) groups excluding carboxylic acids is 2. The van der Waals surface area contributed by atoms with Crippen molar-refractivity contribution in [1.82, 2.24) is 10.3 Å². The van der Waals surface area contributed by atoms with E-state index < -0.39 is 0 Å². The first-order valence-corrected chi connectivity index (χ1v) is 9.18. The summed E-state index contributed by atoms with van der Waals surface area (Å²) in [7, 11) is 0. The number of nitrogens with one attached hydrogen (secondary N) is 2. The highest BCUT2D eigenvalue weighted by molar-refractivity contribution is 8.93. The fourth-order valence-electron chi connectivity index (χ4n) is 4.80. The molecule has 0 radical (unpaired) electrons. The van der Waals surface area contributed by atoms with Gasteiger partial charge in [-0.25, -0.2) is 0 Å². The third kappa shape index (κ3) is 2.05. The van der Waals surface area contributed by atoms with Crippen LogP contribution >= 0.6 is 17.0 Å². The molecule has 28 heavy (non-hydrogen) atoms. The van der Waals surface area contributed by atoms with Crippen molar-refractivity contribution in [1.29, 1.82) is 0 Å². The van der Waals surface area contributed by atoms with Crippen molar-refractivity contribution in [2.45, 2.75) is 19.8 Å². The molecule has 0 saturated carbocycles. The van der Waals surface area contributed by atoms with E-state index in [0.29, 0.717) is 11.1 Å². The highest BCUT2D eigenvalue weighted by Gasteiger charge is 2.37. The highest BCUT2D eigenvalue weighted by atomic mass is 79.9. The van der Waals surface area contributed by atoms with Gasteiger partial charge in [0, 0.05) is 24.7 Å². The molecule has 1 aliphatic carbocycles. The maximum absolute atomic E-state index is 12.7. The van der Waals surface area contributed by atoms with Gasteiger partial charge < -0.3 is 4.98 Å². The van der Waals surface area contributed by atoms with Gasteiger partial charge in [0.15, 0.2) is 0 Å². The summed E-state index contributed by atoms with van der Waals surface area (Å²) in [5.41, 5.74) is 8.67. The Kier molecular flexibility index (Phi) is 3.55. The maximum atomic E-state index is 12.7. The van der Waals surface area contributed by atoms with Crippen LogP contribution in [0.4, 0.5) is 0 Å². The summed E-state index contributed by atoms with van der Waals surface area (Å²) in [6.45, 7) is 2.04. The summed E-state index contributed by atoms with van der Waals surface area (Å²) in [5, 5.41) is 4.39. The SMILES string of the molecule is Br.Cc1ccc2[nH]c3c4c(c5c(c3c2c1)C(=O)NC5=O)CCc1ccccc1-4.[HH].[HH]. The molecule has 0 atom stereocenters. The number of carbonyl (C=O) groups is 2. The van der Waals surface area contributed by atoms with Crippen molar-refractivity contribution in [3.63, 3.8) is 0 Å². The Labute approximate surface area is 174 Å². The van der Waals surface area contributed by atoms with Gasteiger partial charge in [-0.15, -0.1) is 17.0 Å². The first kappa shape index (κ1) is 17.2. The predicted molar refractivity (Wildman–Crippen MR) is 120 cm³/mol. The molecule has 6 rings (SSSR count). The monoisotopic (exact) mass is 436 g/mol. The molecular weight excluding hydrogens is 416 g/mol. The molecular formula is C23H21BrN2O2. The van der Waals surface area contributed by atoms with Crippen molar-refractivity contribution in [3.8, 4) is 11.1 Å². The summed E-state index contributed by atoms with van der Waals surface area (Å²) in [4.78, 5) is 28.9. The van der Waals surface area contributed by atoms with Crippen LogP contribution < -0.4 is 5.32 Å². The minimum atomic E-state index is -0.288. The van der Waals surface area contributed by atoms with Crippen molar-refractivity contribution >= 4 is 50.6 Å². The molecule has 0 fully saturated rings. The number of hydrogen-bond donors (Lipinski definition) is 2. The molecule has 0 unspecified atom stereocenters. The van der Waals surface area contributed by atoms with Crippen LogP contribution in [0.5, 0.6) is 0 Å². The standard InChI is InChI=1S/C23H16N2O2.BrH.2H2/c1-11-6-9-16-15(10-11)18-20-19(22(26)25-23(20)27)14-8-7-12-4-2-3-5-13(12)17(14)21(18)24-16;;;/h2-6,9-10,24H,7-8H2,1H3,(H,25,26,27);3*1H. The van der Waals surface area contributed by atoms with Gasteiger partial charge in [0.05, 0.1) is 16.6 Å². The lowest BCUT2D eigenvalue weighted by atomic mass is 9.80. The van der Waals surface area contributed by atoms with Gasteiger partial charge in [-0.05, 0) is 48.6 Å². The van der Waals surface area contributed by atoms with Crippen LogP contribution in [0.15, 0.2) is 42.5 Å². The fraction of sp³-hybridized carbons (Fsp3) is 0.130. The van der Waals surface area contributed by atoms with E-state index in [1.165, 1.54) is 5.56 Å². The minimum Gasteiger partial charge on any atom is -0.354 e. The van der Waals surface area contributed by atoms with Gasteiger partial charge in [-0.3, -0.25) is 14.9 Å². The highest BCUT2D eigenvalue weighted by Crippen LogP contribution is 2.45. The maximum Gasteiger partial charge on any atom is 0.259 e. The second kappa shape index (κ2) is 5.79. The number of imide groups is 1. The topological polar surface area (TPSA) is 62.0 Å². The van der Waals surface area contributed by atoms with Crippen LogP contribution in [0.25, 0.3) is 32.9 Å². The van der Waals surface area contributed by atoms with Gasteiger partial charge in [-0.1, -0.05) is 35.9 Å². The number of aromatic amines is 1. The summed E-state index contributed by atoms with van der Waals surface area (Å²) < 4.78 is 0. The van der Waals surface area contributed by atoms with Crippen LogP contribution in [0, 0.1) is 6.92 Å². The van der Waals surface area contributed by atoms with E-state index in [4.69, 9.17) is 0 Å². The van der Waals surface area contributed by atoms with E-state index in [1.807, 2.05) is 19.1 Å². The third-order valence-electron chi connectivity index (χ3n) is 5.92. The fourth-order valence-corrected chi connectivity index (χ4v) is 4.80. The quantitative estimate of drug-likeness (QED) is 0.365. The largest absolute Gasteiger partial charge is 0.354 e. The number of fused-ring (bicyclic) bond motifs is 10. The van der Waals surface area contributed by atoms with Crippen LogP contribution in [0.1, 0.15) is 40.3 Å². The molecule has 2 N–H and O–H groups in total. The van der Waals surface area contributed by atoms with Crippen molar-refractivity contribution in [2.24, 2.45) is 0 Å². The Balaban J connectivity index is 0.000000853. The zero-order chi connectivity index (χ0) is 18.3. The van der Waals surface area contributed by atoms with E-state index in [9.17, 15) is 9.59 Å². The van der Waals surface area contributed by atoms with Crippen LogP contribution in [0.3, 0.4) is 0 Å². The number of H-pyrrole nitrogens is 1. The Morgan fingerprint density at radius 3 is 2.57 bits per heavy atom. The normalized spacial score (nSPS) is 14.5. The Morgan fingerprint density at radius 1 is 0.929 bits per heavy atom. The first-order valence-electron chi connectivity index (χ1n) is 9.18. The zero-order valence-corrected chi connectivity index (χ0v) is 16.9. The average Bonchev–Trinajstić information content (AvgIpc) is 3.18. The lowest BCUT2D eigenvalue weighted by molar-refractivity contribution is 0.0880. The zero-order valence-electron chi connectivity index (χ0n) is 15.2. The second-order valence-electron chi connectivity index (χ2n) is 7.47. The van der Waals surface area contributed by atoms with Crippen molar-refractivity contribution in [2.75, 3.05) is 0 Å². The van der Waals surface area contributed by atoms with Gasteiger partial charge in [0.1, 0.15) is 0 Å². The summed E-state index contributed by atoms with van der Waals surface area (Å²) >= 11 is 0. The van der Waals surface area contributed by atoms with Gasteiger partial charge >= 0.3 is 0 Å². The van der Waals surface area contributed by atoms with E-state index >= 15 is 0 Å². The van der Waals surface area contributed by atoms with E-state index in [2.05, 4.69) is 40.6 Å². The smallest absolute Gasteiger partial charge is 0.259 e. The lowest BCUT2D eigenvalue weighted by Crippen LogP contribution is -2.20. The Morgan fingerprint density at radius 2 is 1.71 bits per heavy atom. The minimum absolute atomic E-state index is 0. The Bertz CT molecular complexity index is 1360. The number of hydrogen-bond acceptors (Lipinski definition) is 2. The molecule has 4 nitrogen and oxygen atoms in total. The van der Waals surface area contributed by atoms with E-state index in [0.717, 1.165) is 56.9 Å². The molecule has 1 aliphatic heterocycles. The number of benzene rings is 3. The molecule has 2 heterocycles.